The SMILES string of the molecule is NCC1CCN(C(=O)/C=C/c2cccc(F)c2)C1. The molecule has 1 unspecified atom stereocenters. The summed E-state index contributed by atoms with van der Waals surface area (Å²) in [5.41, 5.74) is 6.27. The Morgan fingerprint density at radius 2 is 2.39 bits per heavy atom. The minimum Gasteiger partial charge on any atom is -0.339 e. The van der Waals surface area contributed by atoms with Gasteiger partial charge in [0, 0.05) is 19.2 Å². The van der Waals surface area contributed by atoms with E-state index in [9.17, 15) is 9.18 Å². The van der Waals surface area contributed by atoms with Gasteiger partial charge in [0.05, 0.1) is 0 Å². The van der Waals surface area contributed by atoms with Crippen LogP contribution in [0.25, 0.3) is 6.08 Å². The Kier molecular flexibility index (Phi) is 4.10. The Bertz CT molecular complexity index is 459. The van der Waals surface area contributed by atoms with E-state index >= 15 is 0 Å². The van der Waals surface area contributed by atoms with Crippen LogP contribution in [0.2, 0.25) is 0 Å². The predicted molar refractivity (Wildman–Crippen MR) is 69.2 cm³/mol. The van der Waals surface area contributed by atoms with Crippen LogP contribution in [0, 0.1) is 11.7 Å². The number of likely N-dealkylation sites (tertiary alicyclic amines) is 1. The number of nitrogens with zero attached hydrogens (tertiary/aromatic N) is 1. The zero-order valence-corrected chi connectivity index (χ0v) is 10.2. The molecule has 0 spiro atoms. The highest BCUT2D eigenvalue weighted by Crippen LogP contribution is 2.15. The third-order valence-corrected chi connectivity index (χ3v) is 3.20. The van der Waals surface area contributed by atoms with Crippen molar-refractivity contribution in [3.63, 3.8) is 0 Å². The van der Waals surface area contributed by atoms with Crippen LogP contribution >= 0.6 is 0 Å². The molecule has 1 heterocycles. The predicted octanol–water partition coefficient (Wildman–Crippen LogP) is 1.65. The third kappa shape index (κ3) is 3.17. The summed E-state index contributed by atoms with van der Waals surface area (Å²) in [7, 11) is 0. The van der Waals surface area contributed by atoms with Gasteiger partial charge in [0.15, 0.2) is 0 Å². The summed E-state index contributed by atoms with van der Waals surface area (Å²) in [6.45, 7) is 2.11. The van der Waals surface area contributed by atoms with Gasteiger partial charge in [-0.3, -0.25) is 4.79 Å². The molecule has 1 amide bonds. The number of benzene rings is 1. The molecule has 1 aromatic carbocycles. The quantitative estimate of drug-likeness (QED) is 0.827. The van der Waals surface area contributed by atoms with Crippen molar-refractivity contribution >= 4 is 12.0 Å². The lowest BCUT2D eigenvalue weighted by Gasteiger charge is -2.13. The van der Waals surface area contributed by atoms with Crippen molar-refractivity contribution in [1.82, 2.24) is 4.90 Å². The number of hydrogen-bond donors (Lipinski definition) is 1. The number of nitrogens with two attached hydrogens (primary N) is 1. The van der Waals surface area contributed by atoms with Crippen LogP contribution < -0.4 is 5.73 Å². The van der Waals surface area contributed by atoms with Gasteiger partial charge in [-0.2, -0.15) is 0 Å². The van der Waals surface area contributed by atoms with Crippen LogP contribution in [0.1, 0.15) is 12.0 Å². The first-order valence-electron chi connectivity index (χ1n) is 6.11. The second-order valence-electron chi connectivity index (χ2n) is 4.56. The largest absolute Gasteiger partial charge is 0.339 e. The second-order valence-corrected chi connectivity index (χ2v) is 4.56. The van der Waals surface area contributed by atoms with Gasteiger partial charge in [0.1, 0.15) is 5.82 Å². The molecule has 2 N–H and O–H groups in total. The van der Waals surface area contributed by atoms with Crippen molar-refractivity contribution in [2.45, 2.75) is 6.42 Å². The van der Waals surface area contributed by atoms with E-state index in [1.807, 2.05) is 0 Å². The van der Waals surface area contributed by atoms with E-state index < -0.39 is 0 Å². The fraction of sp³-hybridized carbons (Fsp3) is 0.357. The number of carbonyl (C=O) groups excluding carboxylic acids is 1. The summed E-state index contributed by atoms with van der Waals surface area (Å²) >= 11 is 0. The van der Waals surface area contributed by atoms with Crippen molar-refractivity contribution in [2.24, 2.45) is 11.7 Å². The molecule has 1 atom stereocenters. The zero-order chi connectivity index (χ0) is 13.0. The van der Waals surface area contributed by atoms with E-state index in [-0.39, 0.29) is 11.7 Å². The smallest absolute Gasteiger partial charge is 0.246 e. The Labute approximate surface area is 106 Å². The van der Waals surface area contributed by atoms with Crippen LogP contribution in [-0.4, -0.2) is 30.4 Å². The van der Waals surface area contributed by atoms with Gasteiger partial charge in [-0.05, 0) is 42.7 Å². The topological polar surface area (TPSA) is 46.3 Å². The molecule has 0 aliphatic carbocycles. The summed E-state index contributed by atoms with van der Waals surface area (Å²) in [6, 6.07) is 6.17. The van der Waals surface area contributed by atoms with E-state index in [1.165, 1.54) is 18.2 Å². The molecular formula is C14H17FN2O. The molecule has 0 aromatic heterocycles. The lowest BCUT2D eigenvalue weighted by atomic mass is 10.1. The summed E-state index contributed by atoms with van der Waals surface area (Å²) in [5.74, 6) is 0.0840. The number of rotatable bonds is 3. The Balaban J connectivity index is 1.95. The maximum absolute atomic E-state index is 12.9. The molecule has 96 valence electrons. The Morgan fingerprint density at radius 3 is 3.06 bits per heavy atom. The zero-order valence-electron chi connectivity index (χ0n) is 10.2. The molecule has 0 bridgehead atoms. The highest BCUT2D eigenvalue weighted by molar-refractivity contribution is 5.91. The fourth-order valence-electron chi connectivity index (χ4n) is 2.11. The maximum Gasteiger partial charge on any atom is 0.246 e. The van der Waals surface area contributed by atoms with Gasteiger partial charge in [-0.1, -0.05) is 12.1 Å². The molecule has 0 radical (unpaired) electrons. The van der Waals surface area contributed by atoms with E-state index in [2.05, 4.69) is 0 Å². The van der Waals surface area contributed by atoms with E-state index in [0.717, 1.165) is 19.5 Å². The average Bonchev–Trinajstić information content (AvgIpc) is 2.85. The first-order chi connectivity index (χ1) is 8.69. The first-order valence-corrected chi connectivity index (χ1v) is 6.11. The lowest BCUT2D eigenvalue weighted by molar-refractivity contribution is -0.125. The minimum atomic E-state index is -0.297. The molecule has 2 rings (SSSR count). The summed E-state index contributed by atoms with van der Waals surface area (Å²) in [5, 5.41) is 0. The molecule has 1 fully saturated rings. The van der Waals surface area contributed by atoms with Crippen LogP contribution in [0.4, 0.5) is 4.39 Å². The van der Waals surface area contributed by atoms with Crippen LogP contribution in [-0.2, 0) is 4.79 Å². The van der Waals surface area contributed by atoms with Crippen molar-refractivity contribution in [1.29, 1.82) is 0 Å². The second kappa shape index (κ2) is 5.78. The van der Waals surface area contributed by atoms with Crippen LogP contribution in [0.5, 0.6) is 0 Å². The van der Waals surface area contributed by atoms with Gasteiger partial charge in [0.2, 0.25) is 5.91 Å². The molecule has 0 saturated carbocycles. The molecule has 4 heteroatoms. The van der Waals surface area contributed by atoms with Gasteiger partial charge in [-0.25, -0.2) is 4.39 Å². The normalized spacial score (nSPS) is 19.7. The number of carbonyl (C=O) groups is 1. The number of halogens is 1. The highest BCUT2D eigenvalue weighted by atomic mass is 19.1. The summed E-state index contributed by atoms with van der Waals surface area (Å²) in [6.07, 6.45) is 4.10. The average molecular weight is 248 g/mol. The molecule has 1 saturated heterocycles. The fourth-order valence-corrected chi connectivity index (χ4v) is 2.11. The Morgan fingerprint density at radius 1 is 1.56 bits per heavy atom. The van der Waals surface area contributed by atoms with E-state index in [0.29, 0.717) is 18.0 Å². The van der Waals surface area contributed by atoms with Crippen LogP contribution in [0.15, 0.2) is 30.3 Å². The van der Waals surface area contributed by atoms with Crippen LogP contribution in [0.3, 0.4) is 0 Å². The standard InChI is InChI=1S/C14H17FN2O/c15-13-3-1-2-11(8-13)4-5-14(18)17-7-6-12(9-16)10-17/h1-5,8,12H,6-7,9-10,16H2/b5-4+. The Hall–Kier alpha value is -1.68. The monoisotopic (exact) mass is 248 g/mol. The van der Waals surface area contributed by atoms with Crippen molar-refractivity contribution in [2.75, 3.05) is 19.6 Å². The van der Waals surface area contributed by atoms with Crippen molar-refractivity contribution in [3.05, 3.63) is 41.7 Å². The lowest BCUT2D eigenvalue weighted by Crippen LogP contribution is -2.28. The van der Waals surface area contributed by atoms with Gasteiger partial charge < -0.3 is 10.6 Å². The highest BCUT2D eigenvalue weighted by Gasteiger charge is 2.23. The molecule has 1 aliphatic heterocycles. The first kappa shape index (κ1) is 12.8. The molecule has 3 nitrogen and oxygen atoms in total. The molecule has 1 aliphatic rings. The molecular weight excluding hydrogens is 231 g/mol. The third-order valence-electron chi connectivity index (χ3n) is 3.20. The molecule has 18 heavy (non-hydrogen) atoms. The summed E-state index contributed by atoms with van der Waals surface area (Å²) < 4.78 is 12.9. The van der Waals surface area contributed by atoms with Gasteiger partial charge in [0.25, 0.3) is 0 Å². The van der Waals surface area contributed by atoms with Gasteiger partial charge >= 0.3 is 0 Å². The van der Waals surface area contributed by atoms with Crippen molar-refractivity contribution < 1.29 is 9.18 Å². The maximum atomic E-state index is 12.9. The van der Waals surface area contributed by atoms with Gasteiger partial charge in [-0.15, -0.1) is 0 Å². The number of hydrogen-bond acceptors (Lipinski definition) is 2. The minimum absolute atomic E-state index is 0.0322. The number of amides is 1. The summed E-state index contributed by atoms with van der Waals surface area (Å²) in [4.78, 5) is 13.7. The van der Waals surface area contributed by atoms with E-state index in [4.69, 9.17) is 5.73 Å². The van der Waals surface area contributed by atoms with E-state index in [1.54, 1.807) is 23.1 Å². The van der Waals surface area contributed by atoms with Crippen molar-refractivity contribution in [3.8, 4) is 0 Å². The molecule has 1 aromatic rings.